The fraction of sp³-hybridized carbons (Fsp3) is 0.417. The fourth-order valence-electron chi connectivity index (χ4n) is 1.25. The van der Waals surface area contributed by atoms with Crippen molar-refractivity contribution in [2.24, 2.45) is 0 Å². The molecular weight excluding hydrogens is 190 g/mol. The third-order valence-corrected chi connectivity index (χ3v) is 2.12. The van der Waals surface area contributed by atoms with E-state index >= 15 is 0 Å². The summed E-state index contributed by atoms with van der Waals surface area (Å²) in [5, 5.41) is 8.64. The van der Waals surface area contributed by atoms with Crippen LogP contribution in [0.4, 0.5) is 0 Å². The molecule has 0 N–H and O–H groups in total. The maximum Gasteiger partial charge on any atom is 0.181 e. The van der Waals surface area contributed by atoms with Crippen LogP contribution in [0.1, 0.15) is 19.4 Å². The minimum absolute atomic E-state index is 0.466. The zero-order chi connectivity index (χ0) is 11.3. The Morgan fingerprint density at radius 2 is 2.13 bits per heavy atom. The highest BCUT2D eigenvalue weighted by Gasteiger charge is 2.08. The van der Waals surface area contributed by atoms with Gasteiger partial charge in [0.25, 0.3) is 0 Å². The Morgan fingerprint density at radius 1 is 1.40 bits per heavy atom. The lowest BCUT2D eigenvalue weighted by Crippen LogP contribution is -2.09. The maximum absolute atomic E-state index is 8.64. The maximum atomic E-state index is 8.64. The van der Waals surface area contributed by atoms with Gasteiger partial charge in [-0.15, -0.1) is 0 Å². The first-order valence-electron chi connectivity index (χ1n) is 4.94. The molecule has 0 amide bonds. The zero-order valence-corrected chi connectivity index (χ0v) is 9.28. The van der Waals surface area contributed by atoms with E-state index in [4.69, 9.17) is 14.7 Å². The molecule has 0 aromatic heterocycles. The lowest BCUT2D eigenvalue weighted by atomic mass is 10.1. The third-order valence-electron chi connectivity index (χ3n) is 2.12. The van der Waals surface area contributed by atoms with Gasteiger partial charge in [-0.1, -0.05) is 13.0 Å². The highest BCUT2D eigenvalue weighted by molar-refractivity contribution is 5.43. The van der Waals surface area contributed by atoms with Crippen molar-refractivity contribution >= 4 is 0 Å². The quantitative estimate of drug-likeness (QED) is 0.758. The van der Waals surface area contributed by atoms with E-state index in [-0.39, 0.29) is 0 Å². The molecule has 0 bridgehead atoms. The first-order chi connectivity index (χ1) is 7.21. The first-order valence-corrected chi connectivity index (χ1v) is 4.94. The van der Waals surface area contributed by atoms with Gasteiger partial charge in [0.15, 0.2) is 17.6 Å². The van der Waals surface area contributed by atoms with Crippen molar-refractivity contribution in [3.63, 3.8) is 0 Å². The average Bonchev–Trinajstić information content (AvgIpc) is 2.29. The minimum atomic E-state index is -0.466. The van der Waals surface area contributed by atoms with E-state index in [2.05, 4.69) is 6.92 Å². The second-order valence-corrected chi connectivity index (χ2v) is 3.23. The third kappa shape index (κ3) is 2.88. The summed E-state index contributed by atoms with van der Waals surface area (Å²) >= 11 is 0. The average molecular weight is 205 g/mol. The van der Waals surface area contributed by atoms with Crippen LogP contribution in [0.25, 0.3) is 0 Å². The molecule has 1 aromatic carbocycles. The number of ether oxygens (including phenoxy) is 2. The van der Waals surface area contributed by atoms with Crippen molar-refractivity contribution in [1.82, 2.24) is 0 Å². The molecule has 1 rings (SSSR count). The van der Waals surface area contributed by atoms with Crippen molar-refractivity contribution in [3.8, 4) is 17.6 Å². The highest BCUT2D eigenvalue weighted by Crippen LogP contribution is 2.28. The smallest absolute Gasteiger partial charge is 0.181 e. The van der Waals surface area contributed by atoms with Gasteiger partial charge in [0.2, 0.25) is 0 Å². The van der Waals surface area contributed by atoms with E-state index in [0.717, 1.165) is 6.42 Å². The fourth-order valence-corrected chi connectivity index (χ4v) is 1.25. The van der Waals surface area contributed by atoms with Gasteiger partial charge >= 0.3 is 0 Å². The minimum Gasteiger partial charge on any atom is -0.493 e. The molecule has 0 aliphatic carbocycles. The number of methoxy groups -OCH3 is 1. The lowest BCUT2D eigenvalue weighted by molar-refractivity contribution is 0.260. The van der Waals surface area contributed by atoms with Crippen LogP contribution >= 0.6 is 0 Å². The summed E-state index contributed by atoms with van der Waals surface area (Å²) in [5.41, 5.74) is 1.18. The highest BCUT2D eigenvalue weighted by atomic mass is 16.5. The van der Waals surface area contributed by atoms with Crippen LogP contribution in [0.5, 0.6) is 11.5 Å². The second kappa shape index (κ2) is 5.26. The number of nitriles is 1. The van der Waals surface area contributed by atoms with Gasteiger partial charge in [-0.05, 0) is 31.0 Å². The molecule has 0 radical (unpaired) electrons. The zero-order valence-electron chi connectivity index (χ0n) is 9.28. The van der Waals surface area contributed by atoms with E-state index in [1.165, 1.54) is 5.56 Å². The summed E-state index contributed by atoms with van der Waals surface area (Å²) in [5.74, 6) is 1.29. The molecule has 0 heterocycles. The number of hydrogen-bond donors (Lipinski definition) is 0. The Kier molecular flexibility index (Phi) is 3.99. The van der Waals surface area contributed by atoms with Crippen LogP contribution in [0, 0.1) is 11.3 Å². The number of nitrogens with zero attached hydrogens (tertiary/aromatic N) is 1. The lowest BCUT2D eigenvalue weighted by Gasteiger charge is -2.12. The summed E-state index contributed by atoms with van der Waals surface area (Å²) in [6.45, 7) is 3.78. The number of rotatable bonds is 4. The van der Waals surface area contributed by atoms with E-state index in [9.17, 15) is 0 Å². The molecule has 0 aliphatic rings. The predicted octanol–water partition coefficient (Wildman–Crippen LogP) is 2.55. The van der Waals surface area contributed by atoms with E-state index in [1.807, 2.05) is 24.3 Å². The van der Waals surface area contributed by atoms with Gasteiger partial charge in [0.05, 0.1) is 7.11 Å². The van der Waals surface area contributed by atoms with Crippen molar-refractivity contribution in [2.45, 2.75) is 26.4 Å². The standard InChI is InChI=1S/C12H15NO2/c1-4-10-5-6-11(12(7-10)14-3)15-9(2)8-13/h5-7,9H,4H2,1-3H3. The molecule has 0 spiro atoms. The summed E-state index contributed by atoms with van der Waals surface area (Å²) in [4.78, 5) is 0. The first kappa shape index (κ1) is 11.4. The van der Waals surface area contributed by atoms with Crippen LogP contribution in [0.15, 0.2) is 18.2 Å². The van der Waals surface area contributed by atoms with Gasteiger partial charge in [-0.2, -0.15) is 5.26 Å². The molecule has 15 heavy (non-hydrogen) atoms. The molecule has 3 heteroatoms. The number of aryl methyl sites for hydroxylation is 1. The van der Waals surface area contributed by atoms with Crippen LogP contribution in [0.2, 0.25) is 0 Å². The van der Waals surface area contributed by atoms with Crippen molar-refractivity contribution in [1.29, 1.82) is 5.26 Å². The van der Waals surface area contributed by atoms with Crippen LogP contribution < -0.4 is 9.47 Å². The summed E-state index contributed by atoms with van der Waals surface area (Å²) in [6, 6.07) is 7.76. The summed E-state index contributed by atoms with van der Waals surface area (Å²) in [6.07, 6.45) is 0.483. The van der Waals surface area contributed by atoms with Gasteiger partial charge in [0, 0.05) is 0 Å². The molecule has 0 saturated heterocycles. The SMILES string of the molecule is CCc1ccc(OC(C)C#N)c(OC)c1. The van der Waals surface area contributed by atoms with Gasteiger partial charge in [-0.25, -0.2) is 0 Å². The van der Waals surface area contributed by atoms with Crippen LogP contribution in [-0.4, -0.2) is 13.2 Å². The molecule has 0 aliphatic heterocycles. The predicted molar refractivity (Wildman–Crippen MR) is 58.1 cm³/mol. The van der Waals surface area contributed by atoms with Gasteiger partial charge < -0.3 is 9.47 Å². The molecule has 1 unspecified atom stereocenters. The van der Waals surface area contributed by atoms with Crippen molar-refractivity contribution < 1.29 is 9.47 Å². The number of hydrogen-bond acceptors (Lipinski definition) is 3. The number of benzene rings is 1. The second-order valence-electron chi connectivity index (χ2n) is 3.23. The topological polar surface area (TPSA) is 42.2 Å². The van der Waals surface area contributed by atoms with E-state index in [1.54, 1.807) is 14.0 Å². The monoisotopic (exact) mass is 205 g/mol. The normalized spacial score (nSPS) is 11.6. The Hall–Kier alpha value is -1.69. The van der Waals surface area contributed by atoms with Crippen molar-refractivity contribution in [3.05, 3.63) is 23.8 Å². The van der Waals surface area contributed by atoms with E-state index < -0.39 is 6.10 Å². The summed E-state index contributed by atoms with van der Waals surface area (Å²) < 4.78 is 10.6. The molecule has 0 fully saturated rings. The van der Waals surface area contributed by atoms with Crippen LogP contribution in [-0.2, 0) is 6.42 Å². The Balaban J connectivity index is 2.93. The summed E-state index contributed by atoms with van der Waals surface area (Å²) in [7, 11) is 1.60. The Bertz CT molecular complexity index is 368. The van der Waals surface area contributed by atoms with E-state index in [0.29, 0.717) is 11.5 Å². The molecule has 1 atom stereocenters. The van der Waals surface area contributed by atoms with Gasteiger partial charge in [-0.3, -0.25) is 0 Å². The Labute approximate surface area is 90.2 Å². The van der Waals surface area contributed by atoms with Crippen LogP contribution in [0.3, 0.4) is 0 Å². The van der Waals surface area contributed by atoms with Gasteiger partial charge in [0.1, 0.15) is 6.07 Å². The molecular formula is C12H15NO2. The molecule has 80 valence electrons. The largest absolute Gasteiger partial charge is 0.493 e. The molecule has 3 nitrogen and oxygen atoms in total. The Morgan fingerprint density at radius 3 is 2.67 bits per heavy atom. The molecule has 1 aromatic rings. The van der Waals surface area contributed by atoms with Crippen molar-refractivity contribution in [2.75, 3.05) is 7.11 Å². The molecule has 0 saturated carbocycles.